The van der Waals surface area contributed by atoms with Crippen molar-refractivity contribution in [3.63, 3.8) is 0 Å². The molecule has 0 spiro atoms. The summed E-state index contributed by atoms with van der Waals surface area (Å²) in [5.74, 6) is 0. The van der Waals surface area contributed by atoms with Crippen LogP contribution >= 0.6 is 0 Å². The van der Waals surface area contributed by atoms with E-state index in [-0.39, 0.29) is 0 Å². The first-order valence-corrected chi connectivity index (χ1v) is 8.04. The Hall–Kier alpha value is -2.30. The van der Waals surface area contributed by atoms with Crippen molar-refractivity contribution in [1.29, 1.82) is 0 Å². The Kier molecular flexibility index (Phi) is 4.92. The second-order valence-electron chi connectivity index (χ2n) is 1.60. The molecule has 0 unspecified atom stereocenters. The van der Waals surface area contributed by atoms with Crippen LogP contribution in [0.25, 0.3) is 0 Å². The molecule has 0 fully saturated rings. The van der Waals surface area contributed by atoms with Crippen LogP contribution in [0.2, 0.25) is 0 Å². The molecule has 98 valence electrons. The van der Waals surface area contributed by atoms with Crippen molar-refractivity contribution in [3.05, 3.63) is 40.5 Å². The zero-order valence-corrected chi connectivity index (χ0v) is 10.3. The first kappa shape index (κ1) is 14.7. The zero-order valence-electron chi connectivity index (χ0n) is 7.10. The van der Waals surface area contributed by atoms with Crippen molar-refractivity contribution >= 4 is 22.3 Å². The Balaban J connectivity index is 5.16. The molecule has 0 N–H and O–H groups in total. The molecule has 0 rings (SSSR count). The van der Waals surface area contributed by atoms with Gasteiger partial charge < -0.3 is 0 Å². The minimum absolute atomic E-state index is 1.81. The van der Waals surface area contributed by atoms with Crippen molar-refractivity contribution in [2.75, 3.05) is 0 Å². The third-order valence-corrected chi connectivity index (χ3v) is 5.34. The second kappa shape index (κ2) is 5.69. The summed E-state index contributed by atoms with van der Waals surface area (Å²) in [6.07, 6.45) is 0. The molecular weight excluding hydrogens is 457 g/mol. The molecule has 0 aliphatic carbocycles. The molecule has 0 aromatic rings. The van der Waals surface area contributed by atoms with E-state index in [1.165, 1.54) is 0 Å². The maximum absolute atomic E-state index is 9.89. The van der Waals surface area contributed by atoms with Gasteiger partial charge in [0, 0.05) is 0 Å². The Bertz CT molecular complexity index is 277. The third-order valence-electron chi connectivity index (χ3n) is 0.609. The molecule has 0 saturated heterocycles. The van der Waals surface area contributed by atoms with E-state index in [0.29, 0.717) is 0 Å². The average molecular weight is 457 g/mol. The molecule has 17 heteroatoms. The Labute approximate surface area is 95.0 Å². The van der Waals surface area contributed by atoms with Gasteiger partial charge in [0.15, 0.2) is 0 Å². The molecule has 0 aromatic carbocycles. The van der Waals surface area contributed by atoms with E-state index in [0.717, 1.165) is 0 Å². The van der Waals surface area contributed by atoms with Gasteiger partial charge in [-0.25, -0.2) is 0 Å². The Morgan fingerprint density at radius 3 is 0.882 bits per heavy atom. The molecule has 0 aliphatic rings. The first-order valence-electron chi connectivity index (χ1n) is 2.86. The van der Waals surface area contributed by atoms with Crippen LogP contribution < -0.4 is 0 Å². The summed E-state index contributed by atoms with van der Waals surface area (Å²) < 4.78 is 13.2. The first-order chi connectivity index (χ1) is 7.67. The molecule has 17 heavy (non-hydrogen) atoms. The standard InChI is InChI=1S/4NO3.Po/c4*2-1(3)4;/q4*-1;+4. The average Bonchev–Trinajstić information content (AvgIpc) is 1.95. The molecule has 0 aliphatic heterocycles. The van der Waals surface area contributed by atoms with Gasteiger partial charge >= 0.3 is 94.6 Å². The predicted molar refractivity (Wildman–Crippen MR) is 38.1 cm³/mol. The molecule has 16 nitrogen and oxygen atoms in total. The van der Waals surface area contributed by atoms with E-state index in [2.05, 4.69) is 11.5 Å². The van der Waals surface area contributed by atoms with Crippen LogP contribution in [0, 0.1) is 40.5 Å². The number of hydrogen-bond acceptors (Lipinski definition) is 12. The van der Waals surface area contributed by atoms with Gasteiger partial charge in [-0.1, -0.05) is 0 Å². The fourth-order valence-electron chi connectivity index (χ4n) is 0.380. The third kappa shape index (κ3) is 5.98. The van der Waals surface area contributed by atoms with E-state index in [9.17, 15) is 40.5 Å². The van der Waals surface area contributed by atoms with Gasteiger partial charge in [-0.3, -0.25) is 0 Å². The molecule has 0 bridgehead atoms. The molecular formula is N4O12Po. The molecule has 0 aromatic heterocycles. The van der Waals surface area contributed by atoms with Crippen LogP contribution in [0.5, 0.6) is 0 Å². The summed E-state index contributed by atoms with van der Waals surface area (Å²) >= 11 is -6.66. The van der Waals surface area contributed by atoms with Gasteiger partial charge in [0.2, 0.25) is 0 Å². The van der Waals surface area contributed by atoms with Crippen LogP contribution in [0.15, 0.2) is 0 Å². The van der Waals surface area contributed by atoms with Crippen molar-refractivity contribution in [3.8, 4) is 0 Å². The zero-order chi connectivity index (χ0) is 13.6. The summed E-state index contributed by atoms with van der Waals surface area (Å²) in [7, 11) is 0. The molecule has 0 heterocycles. The predicted octanol–water partition coefficient (Wildman–Crippen LogP) is -1.74. The molecule has 0 amide bonds. The van der Waals surface area contributed by atoms with Crippen LogP contribution in [0.1, 0.15) is 0 Å². The van der Waals surface area contributed by atoms with E-state index in [1.54, 1.807) is 0 Å². The summed E-state index contributed by atoms with van der Waals surface area (Å²) in [6, 6.07) is 0. The summed E-state index contributed by atoms with van der Waals surface area (Å²) in [6.45, 7) is 0. The summed E-state index contributed by atoms with van der Waals surface area (Å²) in [4.78, 5) is 39.5. The number of nitrogens with zero attached hydrogens (tertiary/aromatic N) is 4. The normalized spacial score (nSPS) is 10.8. The monoisotopic (exact) mass is 457 g/mol. The fraction of sp³-hybridized carbons (Fsp3) is 0. The van der Waals surface area contributed by atoms with Crippen LogP contribution in [-0.4, -0.2) is 42.7 Å². The topological polar surface area (TPSA) is 209 Å². The fourth-order valence-corrected chi connectivity index (χ4v) is 3.33. The van der Waals surface area contributed by atoms with E-state index in [1.807, 2.05) is 0 Å². The van der Waals surface area contributed by atoms with Crippen molar-refractivity contribution in [2.24, 2.45) is 0 Å². The SMILES string of the molecule is O=[N+]([O-])[O][Po]([O][N+](=O)[O-])([O][N+](=O)[O-])[O][N+](=O)[O-]. The maximum atomic E-state index is 9.89. The van der Waals surface area contributed by atoms with Gasteiger partial charge in [0.05, 0.1) is 0 Å². The van der Waals surface area contributed by atoms with E-state index in [4.69, 9.17) is 0 Å². The van der Waals surface area contributed by atoms with Crippen LogP contribution in [0.4, 0.5) is 0 Å². The number of rotatable bonds is 8. The second-order valence-corrected chi connectivity index (χ2v) is 7.09. The van der Waals surface area contributed by atoms with Gasteiger partial charge in [0.1, 0.15) is 0 Å². The van der Waals surface area contributed by atoms with E-state index < -0.39 is 42.7 Å². The van der Waals surface area contributed by atoms with Crippen molar-refractivity contribution in [2.45, 2.75) is 0 Å². The van der Waals surface area contributed by atoms with E-state index >= 15 is 0 Å². The molecule has 0 radical (unpaired) electrons. The van der Waals surface area contributed by atoms with Gasteiger partial charge in [-0.15, -0.1) is 0 Å². The van der Waals surface area contributed by atoms with Crippen molar-refractivity contribution in [1.82, 2.24) is 0 Å². The van der Waals surface area contributed by atoms with Gasteiger partial charge in [-0.2, -0.15) is 0 Å². The minimum atomic E-state index is -6.66. The summed E-state index contributed by atoms with van der Waals surface area (Å²) in [5, 5.41) is 32.3. The van der Waals surface area contributed by atoms with Crippen LogP contribution in [0.3, 0.4) is 0 Å². The van der Waals surface area contributed by atoms with Gasteiger partial charge in [-0.05, 0) is 0 Å². The van der Waals surface area contributed by atoms with Gasteiger partial charge in [0.25, 0.3) is 0 Å². The molecule has 0 atom stereocenters. The Morgan fingerprint density at radius 1 is 0.588 bits per heavy atom. The van der Waals surface area contributed by atoms with Crippen molar-refractivity contribution < 1.29 is 31.8 Å². The van der Waals surface area contributed by atoms with Crippen LogP contribution in [-0.2, 0) is 11.5 Å². The Morgan fingerprint density at radius 2 is 0.765 bits per heavy atom. The summed E-state index contributed by atoms with van der Waals surface area (Å²) in [5.41, 5.74) is 0. The number of hydrogen-bond donors (Lipinski definition) is 0. The molecule has 0 saturated carbocycles. The quantitative estimate of drug-likeness (QED) is 0.294.